The quantitative estimate of drug-likeness (QED) is 0.123. The van der Waals surface area contributed by atoms with E-state index in [2.05, 4.69) is 5.32 Å². The lowest BCUT2D eigenvalue weighted by Crippen LogP contribution is -2.53. The van der Waals surface area contributed by atoms with E-state index in [1.165, 1.54) is 37.3 Å². The molecule has 4 aromatic rings. The van der Waals surface area contributed by atoms with Gasteiger partial charge in [0.05, 0.1) is 31.4 Å². The van der Waals surface area contributed by atoms with Crippen molar-refractivity contribution in [3.8, 4) is 17.2 Å². The maximum atomic E-state index is 14.8. The summed E-state index contributed by atoms with van der Waals surface area (Å²) in [4.78, 5) is 30.0. The van der Waals surface area contributed by atoms with Gasteiger partial charge in [-0.15, -0.1) is 0 Å². The number of nitrogens with one attached hydrogen (secondary N) is 1. The number of methoxy groups -OCH3 is 2. The second kappa shape index (κ2) is 18.2. The number of sulfonamides is 1. The van der Waals surface area contributed by atoms with Crippen molar-refractivity contribution in [2.24, 2.45) is 5.92 Å². The first-order chi connectivity index (χ1) is 24.4. The molecule has 1 atom stereocenters. The molecule has 4 aromatic carbocycles. The van der Waals surface area contributed by atoms with Gasteiger partial charge in [-0.05, 0) is 72.5 Å². The number of anilines is 1. The predicted molar refractivity (Wildman–Crippen MR) is 200 cm³/mol. The molecule has 51 heavy (non-hydrogen) atoms. The van der Waals surface area contributed by atoms with Crippen molar-refractivity contribution >= 4 is 50.7 Å². The van der Waals surface area contributed by atoms with Crippen LogP contribution in [-0.4, -0.2) is 65.1 Å². The highest BCUT2D eigenvalue weighted by atomic mass is 35.5. The van der Waals surface area contributed by atoms with Gasteiger partial charge in [0.25, 0.3) is 10.0 Å². The van der Waals surface area contributed by atoms with E-state index in [1.807, 2.05) is 51.1 Å². The van der Waals surface area contributed by atoms with Crippen LogP contribution in [0.5, 0.6) is 17.2 Å². The van der Waals surface area contributed by atoms with Crippen LogP contribution in [0.2, 0.25) is 10.0 Å². The molecule has 10 nitrogen and oxygen atoms in total. The zero-order chi connectivity index (χ0) is 37.1. The Hall–Kier alpha value is -4.45. The average Bonchev–Trinajstić information content (AvgIpc) is 3.12. The number of amides is 2. The fourth-order valence-electron chi connectivity index (χ4n) is 5.32. The van der Waals surface area contributed by atoms with Crippen LogP contribution < -0.4 is 23.8 Å². The molecule has 0 aliphatic carbocycles. The second-order valence-corrected chi connectivity index (χ2v) is 14.8. The van der Waals surface area contributed by atoms with Gasteiger partial charge in [0.1, 0.15) is 18.3 Å². The molecule has 272 valence electrons. The largest absolute Gasteiger partial charge is 0.494 e. The van der Waals surface area contributed by atoms with Crippen molar-refractivity contribution in [3.05, 3.63) is 112 Å². The van der Waals surface area contributed by atoms with Crippen LogP contribution in [0.25, 0.3) is 0 Å². The van der Waals surface area contributed by atoms with E-state index in [1.54, 1.807) is 42.5 Å². The first-order valence-corrected chi connectivity index (χ1v) is 18.6. The van der Waals surface area contributed by atoms with Gasteiger partial charge in [-0.3, -0.25) is 13.9 Å². The zero-order valence-electron chi connectivity index (χ0n) is 29.3. The molecule has 0 saturated carbocycles. The van der Waals surface area contributed by atoms with E-state index in [9.17, 15) is 18.0 Å². The van der Waals surface area contributed by atoms with Crippen LogP contribution in [-0.2, 0) is 32.6 Å². The van der Waals surface area contributed by atoms with Gasteiger partial charge in [-0.1, -0.05) is 73.4 Å². The van der Waals surface area contributed by atoms with Crippen LogP contribution in [0.1, 0.15) is 31.9 Å². The lowest BCUT2D eigenvalue weighted by atomic mass is 10.0. The highest BCUT2D eigenvalue weighted by Gasteiger charge is 2.35. The van der Waals surface area contributed by atoms with Gasteiger partial charge in [0.2, 0.25) is 11.8 Å². The van der Waals surface area contributed by atoms with Crippen molar-refractivity contribution in [3.63, 3.8) is 0 Å². The molecule has 0 saturated heterocycles. The number of ether oxygens (including phenoxy) is 3. The number of carbonyl (C=O) groups is 2. The van der Waals surface area contributed by atoms with Crippen LogP contribution in [0.15, 0.2) is 95.9 Å². The summed E-state index contributed by atoms with van der Waals surface area (Å²) in [5.74, 6) is 0.173. The van der Waals surface area contributed by atoms with Crippen molar-refractivity contribution in [1.29, 1.82) is 0 Å². The van der Waals surface area contributed by atoms with Crippen molar-refractivity contribution < 1.29 is 32.2 Å². The molecule has 0 spiro atoms. The third-order valence-corrected chi connectivity index (χ3v) is 10.3. The van der Waals surface area contributed by atoms with E-state index >= 15 is 0 Å². The van der Waals surface area contributed by atoms with Crippen LogP contribution in [0.3, 0.4) is 0 Å². The Kier molecular flexibility index (Phi) is 14.0. The Balaban J connectivity index is 1.85. The molecule has 1 unspecified atom stereocenters. The molecule has 13 heteroatoms. The first-order valence-electron chi connectivity index (χ1n) is 16.4. The average molecular weight is 757 g/mol. The zero-order valence-corrected chi connectivity index (χ0v) is 31.6. The molecule has 0 aliphatic rings. The van der Waals surface area contributed by atoms with E-state index in [4.69, 9.17) is 37.4 Å². The van der Waals surface area contributed by atoms with E-state index in [-0.39, 0.29) is 41.1 Å². The van der Waals surface area contributed by atoms with E-state index in [0.29, 0.717) is 40.3 Å². The summed E-state index contributed by atoms with van der Waals surface area (Å²) in [7, 11) is -1.57. The Morgan fingerprint density at radius 1 is 0.863 bits per heavy atom. The Morgan fingerprint density at radius 3 is 2.16 bits per heavy atom. The van der Waals surface area contributed by atoms with Crippen molar-refractivity contribution in [2.75, 3.05) is 38.2 Å². The Bertz CT molecular complexity index is 1890. The third-order valence-electron chi connectivity index (χ3n) is 7.97. The van der Waals surface area contributed by atoms with Gasteiger partial charge in [-0.2, -0.15) is 0 Å². The van der Waals surface area contributed by atoms with Gasteiger partial charge in [0, 0.05) is 35.6 Å². The van der Waals surface area contributed by atoms with Crippen molar-refractivity contribution in [1.82, 2.24) is 10.2 Å². The molecular formula is C38H43Cl2N3O7S. The molecule has 4 rings (SSSR count). The molecule has 0 bridgehead atoms. The maximum absolute atomic E-state index is 14.8. The van der Waals surface area contributed by atoms with E-state index in [0.717, 1.165) is 9.87 Å². The van der Waals surface area contributed by atoms with Crippen LogP contribution in [0, 0.1) is 5.92 Å². The van der Waals surface area contributed by atoms with Crippen molar-refractivity contribution in [2.45, 2.75) is 44.7 Å². The predicted octanol–water partition coefficient (Wildman–Crippen LogP) is 7.02. The number of halogens is 2. The smallest absolute Gasteiger partial charge is 0.264 e. The summed E-state index contributed by atoms with van der Waals surface area (Å²) in [6.45, 7) is 5.81. The molecule has 0 radical (unpaired) electrons. The summed E-state index contributed by atoms with van der Waals surface area (Å²) in [6, 6.07) is 23.7. The minimum Gasteiger partial charge on any atom is -0.494 e. The van der Waals surface area contributed by atoms with Crippen LogP contribution >= 0.6 is 23.2 Å². The minimum absolute atomic E-state index is 0.102. The fourth-order valence-corrected chi connectivity index (χ4v) is 7.22. The normalized spacial score (nSPS) is 11.8. The lowest BCUT2D eigenvalue weighted by Gasteiger charge is -2.34. The summed E-state index contributed by atoms with van der Waals surface area (Å²) < 4.78 is 46.3. The number of hydrogen-bond donors (Lipinski definition) is 1. The molecular weight excluding hydrogens is 713 g/mol. The highest BCUT2D eigenvalue weighted by molar-refractivity contribution is 7.92. The lowest BCUT2D eigenvalue weighted by molar-refractivity contribution is -0.140. The van der Waals surface area contributed by atoms with E-state index < -0.39 is 28.5 Å². The fraction of sp³-hybridized carbons (Fsp3) is 0.316. The van der Waals surface area contributed by atoms with Gasteiger partial charge in [0.15, 0.2) is 11.5 Å². The van der Waals surface area contributed by atoms with Gasteiger partial charge < -0.3 is 24.4 Å². The minimum atomic E-state index is -4.41. The van der Waals surface area contributed by atoms with Gasteiger partial charge >= 0.3 is 0 Å². The third kappa shape index (κ3) is 10.3. The molecule has 1 N–H and O–H groups in total. The number of benzene rings is 4. The SMILES string of the molecule is CCOc1ccc(N(CC(=O)N(Cc2ccc(Cl)cc2Cl)C(Cc2ccccc2)C(=O)NCC(C)C)S(=O)(=O)c2ccc(OC)c(OC)c2)cc1. The number of hydrogen-bond acceptors (Lipinski definition) is 7. The number of nitrogens with zero attached hydrogens (tertiary/aromatic N) is 2. The van der Waals surface area contributed by atoms with Crippen LogP contribution in [0.4, 0.5) is 5.69 Å². The highest BCUT2D eigenvalue weighted by Crippen LogP contribution is 2.33. The second-order valence-electron chi connectivity index (χ2n) is 12.1. The standard InChI is InChI=1S/C38H43Cl2N3O7S/c1-6-50-31-16-14-30(15-17-31)43(51(46,47)32-18-19-35(48-4)36(22-32)49-5)25-37(44)42(24-28-12-13-29(39)21-33(28)40)34(38(45)41-23-26(2)3)20-27-10-8-7-9-11-27/h7-19,21-22,26,34H,6,20,23-25H2,1-5H3,(H,41,45). The molecule has 0 aliphatic heterocycles. The molecule has 0 heterocycles. The van der Waals surface area contributed by atoms with Gasteiger partial charge in [-0.25, -0.2) is 8.42 Å². The summed E-state index contributed by atoms with van der Waals surface area (Å²) in [5.41, 5.74) is 1.54. The summed E-state index contributed by atoms with van der Waals surface area (Å²) in [6.07, 6.45) is 0.160. The topological polar surface area (TPSA) is 114 Å². The molecule has 0 aromatic heterocycles. The number of rotatable bonds is 17. The molecule has 2 amide bonds. The molecule has 0 fully saturated rings. The Labute approximate surface area is 310 Å². The Morgan fingerprint density at radius 2 is 1.55 bits per heavy atom. The summed E-state index contributed by atoms with van der Waals surface area (Å²) >= 11 is 12.8. The first kappa shape index (κ1) is 39.3. The number of carbonyl (C=O) groups excluding carboxylic acids is 2. The maximum Gasteiger partial charge on any atom is 0.264 e. The monoisotopic (exact) mass is 755 g/mol. The summed E-state index contributed by atoms with van der Waals surface area (Å²) in [5, 5.41) is 3.67.